The Morgan fingerprint density at radius 2 is 1.66 bits per heavy atom. The molecule has 0 aliphatic rings. The first kappa shape index (κ1) is 20.9. The Kier molecular flexibility index (Phi) is 6.88. The highest BCUT2D eigenvalue weighted by Crippen LogP contribution is 2.36. The topological polar surface area (TPSA) is 56.8 Å². The molecule has 3 rings (SSSR count). The summed E-state index contributed by atoms with van der Waals surface area (Å²) in [4.78, 5) is 0. The minimum atomic E-state index is 0.281. The lowest BCUT2D eigenvalue weighted by molar-refractivity contribution is 0.302. The monoisotopic (exact) mass is 506 g/mol. The standard InChI is InChI=1S/C24H16Br2N2O/c1-16-6-8-18(9-7-16)21(14-28)10-17-11-22(25)24(23(26)12-17)29-15-20-5-3-2-4-19(20)13-27/h2-12H,15H2,1H3/b21-10-. The molecule has 0 heterocycles. The normalized spacial score (nSPS) is 10.9. The molecule has 0 aromatic heterocycles. The van der Waals surface area contributed by atoms with Crippen molar-refractivity contribution in [3.63, 3.8) is 0 Å². The molecule has 0 spiro atoms. The molecule has 142 valence electrons. The van der Waals surface area contributed by atoms with E-state index in [2.05, 4.69) is 44.0 Å². The third-order valence-corrected chi connectivity index (χ3v) is 5.50. The van der Waals surface area contributed by atoms with Gasteiger partial charge in [0.05, 0.1) is 32.2 Å². The lowest BCUT2D eigenvalue weighted by atomic mass is 10.0. The summed E-state index contributed by atoms with van der Waals surface area (Å²) in [5, 5.41) is 18.8. The van der Waals surface area contributed by atoms with Gasteiger partial charge >= 0.3 is 0 Å². The summed E-state index contributed by atoms with van der Waals surface area (Å²) in [5.41, 5.74) is 4.89. The van der Waals surface area contributed by atoms with Crippen LogP contribution in [0.4, 0.5) is 0 Å². The molecule has 3 aromatic carbocycles. The zero-order valence-electron chi connectivity index (χ0n) is 15.6. The van der Waals surface area contributed by atoms with Gasteiger partial charge in [0.15, 0.2) is 0 Å². The molecule has 5 heteroatoms. The van der Waals surface area contributed by atoms with Gasteiger partial charge in [-0.1, -0.05) is 48.0 Å². The van der Waals surface area contributed by atoms with Crippen LogP contribution < -0.4 is 4.74 Å². The van der Waals surface area contributed by atoms with E-state index in [0.29, 0.717) is 16.9 Å². The van der Waals surface area contributed by atoms with Crippen molar-refractivity contribution in [2.24, 2.45) is 0 Å². The van der Waals surface area contributed by atoms with Gasteiger partial charge in [0.2, 0.25) is 0 Å². The Bertz CT molecular complexity index is 1130. The van der Waals surface area contributed by atoms with Crippen molar-refractivity contribution in [3.05, 3.63) is 97.4 Å². The second kappa shape index (κ2) is 9.56. The fraction of sp³-hybridized carbons (Fsp3) is 0.0833. The summed E-state index contributed by atoms with van der Waals surface area (Å²) in [5.74, 6) is 0.642. The maximum atomic E-state index is 9.57. The molecule has 0 aliphatic heterocycles. The highest BCUT2D eigenvalue weighted by Gasteiger charge is 2.11. The van der Waals surface area contributed by atoms with Crippen molar-refractivity contribution in [1.82, 2.24) is 0 Å². The Balaban J connectivity index is 1.86. The summed E-state index contributed by atoms with van der Waals surface area (Å²) < 4.78 is 7.47. The number of nitriles is 2. The van der Waals surface area contributed by atoms with E-state index >= 15 is 0 Å². The van der Waals surface area contributed by atoms with Crippen molar-refractivity contribution in [2.75, 3.05) is 0 Å². The lowest BCUT2D eigenvalue weighted by Crippen LogP contribution is -1.99. The van der Waals surface area contributed by atoms with Gasteiger partial charge in [0.1, 0.15) is 12.4 Å². The van der Waals surface area contributed by atoms with Crippen molar-refractivity contribution in [1.29, 1.82) is 10.5 Å². The van der Waals surface area contributed by atoms with Gasteiger partial charge in [0, 0.05) is 5.56 Å². The first-order chi connectivity index (χ1) is 14.0. The molecule has 3 nitrogen and oxygen atoms in total. The van der Waals surface area contributed by atoms with E-state index in [1.54, 1.807) is 6.07 Å². The summed E-state index contributed by atoms with van der Waals surface area (Å²) in [6.45, 7) is 2.30. The molecule has 0 bridgehead atoms. The number of aryl methyl sites for hydroxylation is 1. The average molecular weight is 508 g/mol. The predicted octanol–water partition coefficient (Wildman–Crippen LogP) is 7.03. The molecule has 0 amide bonds. The van der Waals surface area contributed by atoms with Gasteiger partial charge in [-0.25, -0.2) is 0 Å². The van der Waals surface area contributed by atoms with Gasteiger partial charge in [-0.15, -0.1) is 0 Å². The van der Waals surface area contributed by atoms with E-state index in [9.17, 15) is 10.5 Å². The summed E-state index contributed by atoms with van der Waals surface area (Å²) >= 11 is 7.11. The van der Waals surface area contributed by atoms with Crippen LogP contribution in [-0.2, 0) is 6.61 Å². The van der Waals surface area contributed by atoms with Crippen LogP contribution in [0.2, 0.25) is 0 Å². The summed E-state index contributed by atoms with van der Waals surface area (Å²) in [7, 11) is 0. The fourth-order valence-electron chi connectivity index (χ4n) is 2.79. The second-order valence-corrected chi connectivity index (χ2v) is 8.12. The van der Waals surface area contributed by atoms with Gasteiger partial charge < -0.3 is 4.74 Å². The van der Waals surface area contributed by atoms with Crippen LogP contribution in [0.25, 0.3) is 11.6 Å². The third-order valence-electron chi connectivity index (χ3n) is 4.32. The largest absolute Gasteiger partial charge is 0.486 e. The van der Waals surface area contributed by atoms with Crippen molar-refractivity contribution in [2.45, 2.75) is 13.5 Å². The van der Waals surface area contributed by atoms with Crippen molar-refractivity contribution < 1.29 is 4.74 Å². The number of nitrogens with zero attached hydrogens (tertiary/aromatic N) is 2. The van der Waals surface area contributed by atoms with Crippen LogP contribution in [0.5, 0.6) is 5.75 Å². The molecular formula is C24H16Br2N2O. The number of allylic oxidation sites excluding steroid dienone is 1. The first-order valence-electron chi connectivity index (χ1n) is 8.80. The van der Waals surface area contributed by atoms with Crippen LogP contribution in [0.1, 0.15) is 27.8 Å². The number of rotatable bonds is 5. The molecule has 0 atom stereocenters. The van der Waals surface area contributed by atoms with Gasteiger partial charge in [0.25, 0.3) is 0 Å². The van der Waals surface area contributed by atoms with Crippen molar-refractivity contribution >= 4 is 43.5 Å². The Morgan fingerprint density at radius 3 is 2.28 bits per heavy atom. The fourth-order valence-corrected chi connectivity index (χ4v) is 4.24. The molecular weight excluding hydrogens is 492 g/mol. The molecule has 0 saturated heterocycles. The highest BCUT2D eigenvalue weighted by atomic mass is 79.9. The number of benzene rings is 3. The number of halogens is 2. The van der Waals surface area contributed by atoms with Crippen molar-refractivity contribution in [3.8, 4) is 17.9 Å². The Hall–Kier alpha value is -2.86. The molecule has 29 heavy (non-hydrogen) atoms. The van der Waals surface area contributed by atoms with Gasteiger partial charge in [-0.3, -0.25) is 0 Å². The number of ether oxygens (including phenoxy) is 1. The highest BCUT2D eigenvalue weighted by molar-refractivity contribution is 9.11. The predicted molar refractivity (Wildman–Crippen MR) is 122 cm³/mol. The van der Waals surface area contributed by atoms with Crippen LogP contribution in [0.15, 0.2) is 69.6 Å². The molecule has 0 N–H and O–H groups in total. The summed E-state index contributed by atoms with van der Waals surface area (Å²) in [6.07, 6.45) is 1.84. The van der Waals surface area contributed by atoms with E-state index in [1.165, 1.54) is 0 Å². The lowest BCUT2D eigenvalue weighted by Gasteiger charge is -2.12. The minimum Gasteiger partial charge on any atom is -0.486 e. The third kappa shape index (κ3) is 5.15. The molecule has 0 aliphatic carbocycles. The smallest absolute Gasteiger partial charge is 0.148 e. The zero-order valence-corrected chi connectivity index (χ0v) is 18.8. The summed E-state index contributed by atoms with van der Waals surface area (Å²) in [6, 6.07) is 23.5. The van der Waals surface area contributed by atoms with Crippen LogP contribution in [-0.4, -0.2) is 0 Å². The van der Waals surface area contributed by atoms with E-state index in [0.717, 1.165) is 31.2 Å². The van der Waals surface area contributed by atoms with Crippen LogP contribution in [0, 0.1) is 29.6 Å². The maximum absolute atomic E-state index is 9.57. The van der Waals surface area contributed by atoms with E-state index < -0.39 is 0 Å². The van der Waals surface area contributed by atoms with Crippen LogP contribution >= 0.6 is 31.9 Å². The van der Waals surface area contributed by atoms with E-state index in [1.807, 2.05) is 67.6 Å². The first-order valence-corrected chi connectivity index (χ1v) is 10.4. The Labute approximate surface area is 187 Å². The molecule has 0 radical (unpaired) electrons. The van der Waals surface area contributed by atoms with E-state index in [4.69, 9.17) is 4.74 Å². The average Bonchev–Trinajstić information content (AvgIpc) is 2.72. The second-order valence-electron chi connectivity index (χ2n) is 6.41. The van der Waals surface area contributed by atoms with Gasteiger partial charge in [-0.05, 0) is 74.2 Å². The number of hydrogen-bond donors (Lipinski definition) is 0. The SMILES string of the molecule is Cc1ccc(/C(C#N)=C\c2cc(Br)c(OCc3ccccc3C#N)c(Br)c2)cc1. The molecule has 0 fully saturated rings. The van der Waals surface area contributed by atoms with E-state index in [-0.39, 0.29) is 6.61 Å². The Morgan fingerprint density at radius 1 is 1.00 bits per heavy atom. The molecule has 0 saturated carbocycles. The number of hydrogen-bond acceptors (Lipinski definition) is 3. The molecule has 0 unspecified atom stereocenters. The van der Waals surface area contributed by atoms with Crippen LogP contribution in [0.3, 0.4) is 0 Å². The van der Waals surface area contributed by atoms with Gasteiger partial charge in [-0.2, -0.15) is 10.5 Å². The zero-order chi connectivity index (χ0) is 20.8. The molecule has 3 aromatic rings. The quantitative estimate of drug-likeness (QED) is 0.275. The maximum Gasteiger partial charge on any atom is 0.148 e. The minimum absolute atomic E-state index is 0.281.